The molecule has 2 aromatic rings. The summed E-state index contributed by atoms with van der Waals surface area (Å²) in [6.07, 6.45) is 0. The van der Waals surface area contributed by atoms with Crippen molar-refractivity contribution in [2.24, 2.45) is 0 Å². The normalized spacial score (nSPS) is 13.4. The summed E-state index contributed by atoms with van der Waals surface area (Å²) in [5.41, 5.74) is 3.64. The summed E-state index contributed by atoms with van der Waals surface area (Å²) in [5, 5.41) is 11.0. The lowest BCUT2D eigenvalue weighted by molar-refractivity contribution is -0.386. The van der Waals surface area contributed by atoms with Crippen molar-refractivity contribution in [3.8, 4) is 0 Å². The van der Waals surface area contributed by atoms with Gasteiger partial charge in [-0.2, -0.15) is 0 Å². The molecule has 5 nitrogen and oxygen atoms in total. The van der Waals surface area contributed by atoms with Crippen LogP contribution in [0.5, 0.6) is 0 Å². The minimum absolute atomic E-state index is 0.0572. The number of benzene rings is 2. The largest absolute Gasteiger partial charge is 0.304 e. The van der Waals surface area contributed by atoms with Gasteiger partial charge >= 0.3 is 0 Å². The highest BCUT2D eigenvalue weighted by molar-refractivity contribution is 6.10. The molecule has 106 valence electrons. The van der Waals surface area contributed by atoms with Gasteiger partial charge in [0.15, 0.2) is 0 Å². The molecule has 1 heterocycles. The van der Waals surface area contributed by atoms with E-state index in [0.29, 0.717) is 28.9 Å². The Bertz CT molecular complexity index is 745. The second-order valence-corrected chi connectivity index (χ2v) is 5.23. The molecule has 21 heavy (non-hydrogen) atoms. The summed E-state index contributed by atoms with van der Waals surface area (Å²) >= 11 is 0. The lowest BCUT2D eigenvalue weighted by Gasteiger charge is -2.17. The first-order chi connectivity index (χ1) is 9.99. The maximum absolute atomic E-state index is 12.4. The fourth-order valence-electron chi connectivity index (χ4n) is 2.84. The molecule has 0 fully saturated rings. The van der Waals surface area contributed by atoms with Crippen molar-refractivity contribution in [3.05, 3.63) is 68.8 Å². The van der Waals surface area contributed by atoms with E-state index in [-0.39, 0.29) is 16.5 Å². The Balaban J connectivity index is 2.04. The fourth-order valence-corrected chi connectivity index (χ4v) is 2.84. The van der Waals surface area contributed by atoms with Crippen molar-refractivity contribution in [2.75, 3.05) is 4.90 Å². The van der Waals surface area contributed by atoms with E-state index in [4.69, 9.17) is 0 Å². The Labute approximate surface area is 122 Å². The number of amides is 1. The molecule has 0 aliphatic carbocycles. The zero-order valence-corrected chi connectivity index (χ0v) is 11.8. The minimum atomic E-state index is -0.380. The molecule has 3 rings (SSSR count). The molecule has 0 radical (unpaired) electrons. The molecule has 0 saturated carbocycles. The number of hydrogen-bond donors (Lipinski definition) is 0. The van der Waals surface area contributed by atoms with Crippen molar-refractivity contribution >= 4 is 17.3 Å². The van der Waals surface area contributed by atoms with Gasteiger partial charge in [-0.25, -0.2) is 0 Å². The van der Waals surface area contributed by atoms with Crippen LogP contribution in [0.2, 0.25) is 0 Å². The van der Waals surface area contributed by atoms with Gasteiger partial charge in [-0.3, -0.25) is 14.9 Å². The highest BCUT2D eigenvalue weighted by atomic mass is 16.6. The van der Waals surface area contributed by atoms with E-state index >= 15 is 0 Å². The van der Waals surface area contributed by atoms with Gasteiger partial charge in [-0.15, -0.1) is 0 Å². The Morgan fingerprint density at radius 3 is 2.33 bits per heavy atom. The maximum Gasteiger partial charge on any atom is 0.275 e. The molecule has 0 aromatic heterocycles. The molecule has 5 heteroatoms. The van der Waals surface area contributed by atoms with E-state index in [1.807, 2.05) is 24.3 Å². The van der Waals surface area contributed by atoms with E-state index in [0.717, 1.165) is 5.56 Å². The summed E-state index contributed by atoms with van der Waals surface area (Å²) in [5.74, 6) is -0.0572. The predicted octanol–water partition coefficient (Wildman–Crippen LogP) is 3.37. The van der Waals surface area contributed by atoms with Crippen LogP contribution in [0, 0.1) is 24.0 Å². The van der Waals surface area contributed by atoms with Crippen molar-refractivity contribution in [1.82, 2.24) is 0 Å². The van der Waals surface area contributed by atoms with Gasteiger partial charge in [0.05, 0.1) is 11.5 Å². The zero-order valence-electron chi connectivity index (χ0n) is 11.8. The van der Waals surface area contributed by atoms with Crippen LogP contribution in [0.1, 0.15) is 27.0 Å². The van der Waals surface area contributed by atoms with Crippen molar-refractivity contribution in [3.63, 3.8) is 0 Å². The fraction of sp³-hybridized carbons (Fsp3) is 0.188. The first kappa shape index (κ1) is 13.3. The van der Waals surface area contributed by atoms with Crippen molar-refractivity contribution in [2.45, 2.75) is 20.4 Å². The molecular formula is C16H14N2O3. The molecule has 0 N–H and O–H groups in total. The predicted molar refractivity (Wildman–Crippen MR) is 79.5 cm³/mol. The Morgan fingerprint density at radius 2 is 1.76 bits per heavy atom. The summed E-state index contributed by atoms with van der Waals surface area (Å²) < 4.78 is 0. The van der Waals surface area contributed by atoms with Crippen molar-refractivity contribution < 1.29 is 9.72 Å². The molecule has 0 unspecified atom stereocenters. The zero-order chi connectivity index (χ0) is 15.1. The number of fused-ring (bicyclic) bond motifs is 1. The minimum Gasteiger partial charge on any atom is -0.304 e. The van der Waals surface area contributed by atoms with E-state index in [1.165, 1.54) is 0 Å². The number of nitro groups is 1. The van der Waals surface area contributed by atoms with Crippen LogP contribution in [-0.4, -0.2) is 10.8 Å². The summed E-state index contributed by atoms with van der Waals surface area (Å²) in [6, 6.07) is 10.9. The molecular weight excluding hydrogens is 268 g/mol. The average molecular weight is 282 g/mol. The van der Waals surface area contributed by atoms with Gasteiger partial charge in [0.25, 0.3) is 11.6 Å². The molecule has 2 aromatic carbocycles. The third-order valence-corrected chi connectivity index (χ3v) is 3.79. The Hall–Kier alpha value is -2.69. The summed E-state index contributed by atoms with van der Waals surface area (Å²) in [4.78, 5) is 24.8. The van der Waals surface area contributed by atoms with Crippen LogP contribution in [0.15, 0.2) is 36.4 Å². The van der Waals surface area contributed by atoms with Crippen LogP contribution < -0.4 is 4.90 Å². The number of anilines is 1. The van der Waals surface area contributed by atoms with Gasteiger partial charge in [-0.05, 0) is 37.6 Å². The monoisotopic (exact) mass is 282 g/mol. The smallest absolute Gasteiger partial charge is 0.275 e. The van der Waals surface area contributed by atoms with E-state index < -0.39 is 0 Å². The maximum atomic E-state index is 12.4. The van der Waals surface area contributed by atoms with E-state index in [2.05, 4.69) is 0 Å². The number of rotatable bonds is 2. The molecule has 0 spiro atoms. The molecule has 1 aliphatic heterocycles. The third kappa shape index (κ3) is 2.07. The third-order valence-electron chi connectivity index (χ3n) is 3.79. The number of hydrogen-bond acceptors (Lipinski definition) is 3. The molecule has 0 atom stereocenters. The molecule has 1 aliphatic rings. The first-order valence-corrected chi connectivity index (χ1v) is 6.64. The van der Waals surface area contributed by atoms with Crippen LogP contribution in [0.3, 0.4) is 0 Å². The highest BCUT2D eigenvalue weighted by Crippen LogP contribution is 2.33. The lowest BCUT2D eigenvalue weighted by atomic mass is 10.1. The second kappa shape index (κ2) is 4.70. The number of carbonyl (C=O) groups excluding carboxylic acids is 1. The number of carbonyl (C=O) groups is 1. The molecule has 1 amide bonds. The van der Waals surface area contributed by atoms with Crippen LogP contribution in [0.25, 0.3) is 0 Å². The summed E-state index contributed by atoms with van der Waals surface area (Å²) in [7, 11) is 0. The quantitative estimate of drug-likeness (QED) is 0.626. The first-order valence-electron chi connectivity index (χ1n) is 6.64. The highest BCUT2D eigenvalue weighted by Gasteiger charge is 2.29. The van der Waals surface area contributed by atoms with Crippen LogP contribution in [0.4, 0.5) is 11.4 Å². The Kier molecular flexibility index (Phi) is 2.97. The average Bonchev–Trinajstić information content (AvgIpc) is 2.75. The number of nitrogens with zero attached hydrogens (tertiary/aromatic N) is 2. The topological polar surface area (TPSA) is 63.5 Å². The standard InChI is InChI=1S/C16H14N2O3/c1-10-7-13(8-11(2)15(10)18(20)21)17-9-12-5-3-4-6-14(12)16(17)19/h3-8H,9H2,1-2H3. The second-order valence-electron chi connectivity index (χ2n) is 5.23. The number of aryl methyl sites for hydroxylation is 2. The number of nitro benzene ring substituents is 1. The van der Waals surface area contributed by atoms with Gasteiger partial charge in [0.2, 0.25) is 0 Å². The molecule has 0 saturated heterocycles. The van der Waals surface area contributed by atoms with Crippen molar-refractivity contribution in [1.29, 1.82) is 0 Å². The summed E-state index contributed by atoms with van der Waals surface area (Å²) in [6.45, 7) is 3.90. The van der Waals surface area contributed by atoms with Crippen LogP contribution >= 0.6 is 0 Å². The molecule has 0 bridgehead atoms. The van der Waals surface area contributed by atoms with E-state index in [9.17, 15) is 14.9 Å². The van der Waals surface area contributed by atoms with Gasteiger partial charge < -0.3 is 4.90 Å². The SMILES string of the molecule is Cc1cc(N2Cc3ccccc3C2=O)cc(C)c1[N+](=O)[O-]. The van der Waals surface area contributed by atoms with Crippen LogP contribution in [-0.2, 0) is 6.54 Å². The van der Waals surface area contributed by atoms with Gasteiger partial charge in [0, 0.05) is 22.4 Å². The van der Waals surface area contributed by atoms with Gasteiger partial charge in [0.1, 0.15) is 0 Å². The van der Waals surface area contributed by atoms with Gasteiger partial charge in [-0.1, -0.05) is 18.2 Å². The van der Waals surface area contributed by atoms with E-state index in [1.54, 1.807) is 30.9 Å². The Morgan fingerprint density at radius 1 is 1.14 bits per heavy atom. The lowest BCUT2D eigenvalue weighted by Crippen LogP contribution is -2.23.